The molecule has 3 aromatic rings. The lowest BCUT2D eigenvalue weighted by atomic mass is 9.99. The zero-order valence-corrected chi connectivity index (χ0v) is 48.8. The number of hydrogen-bond acceptors (Lipinski definition) is 15. The molecule has 0 unspecified atom stereocenters. The summed E-state index contributed by atoms with van der Waals surface area (Å²) in [7, 11) is 5.50. The highest BCUT2D eigenvalue weighted by atomic mass is 16.6. The Labute approximate surface area is 465 Å². The van der Waals surface area contributed by atoms with Crippen LogP contribution in [-0.2, 0) is 81.4 Å². The van der Waals surface area contributed by atoms with E-state index in [9.17, 15) is 43.2 Å². The first-order chi connectivity index (χ1) is 37.1. The maximum absolute atomic E-state index is 15.0. The van der Waals surface area contributed by atoms with E-state index in [1.54, 1.807) is 72.4 Å². The lowest BCUT2D eigenvalue weighted by Gasteiger charge is -2.35. The highest BCUT2D eigenvalue weighted by molar-refractivity contribution is 5.94. The lowest BCUT2D eigenvalue weighted by Crippen LogP contribution is -2.55. The van der Waals surface area contributed by atoms with Crippen molar-refractivity contribution in [1.82, 2.24) is 29.4 Å². The zero-order valence-electron chi connectivity index (χ0n) is 48.8. The third kappa shape index (κ3) is 18.5. The normalized spacial score (nSPS) is 23.3. The Hall–Kier alpha value is -7.12. The van der Waals surface area contributed by atoms with E-state index in [1.807, 2.05) is 55.4 Å². The van der Waals surface area contributed by atoms with Crippen LogP contribution in [0.1, 0.15) is 129 Å². The van der Waals surface area contributed by atoms with Crippen LogP contribution in [0.5, 0.6) is 0 Å². The largest absolute Gasteiger partial charge is 0.462 e. The van der Waals surface area contributed by atoms with Crippen LogP contribution in [0.15, 0.2) is 67.0 Å². The molecule has 1 aliphatic rings. The van der Waals surface area contributed by atoms with Crippen molar-refractivity contribution in [2.45, 2.75) is 170 Å². The Morgan fingerprint density at radius 2 is 0.848 bits per heavy atom. The molecule has 4 amide bonds. The molecule has 1 fully saturated rings. The van der Waals surface area contributed by atoms with Gasteiger partial charge in [-0.25, -0.2) is 24.0 Å². The third-order valence-corrected chi connectivity index (χ3v) is 13.7. The second-order valence-electron chi connectivity index (χ2n) is 22.2. The molecule has 0 radical (unpaired) electrons. The standard InChI is InChI=1S/C59H84N6O14/c1-16-75-55(70)44-32-60-65(34-44)33-43-24-22-42(23-25-43)31-50-54(69)64(15)46(27-36(4)5)57(72)77-39(10)51(66)61(12)47(28-37(6)7)58(73)78-49(30-41-20-18-17-19-21-41)53(68)63(14)45(26-35(2)3)56(71)76-40(11)52(67)62(13)48(29-38(8)9)59(74)79-50/h17-25,32,34-40,45-50H,16,26-31,33H2,1-15H3/t39-,40-,45+,46+,47+,48+,49-,50-/m1/s1. The first kappa shape index (κ1) is 64.4. The Morgan fingerprint density at radius 1 is 0.506 bits per heavy atom. The Bertz CT molecular complexity index is 2550. The van der Waals surface area contributed by atoms with E-state index in [0.29, 0.717) is 16.7 Å². The first-order valence-electron chi connectivity index (χ1n) is 27.3. The maximum Gasteiger partial charge on any atom is 0.341 e. The summed E-state index contributed by atoms with van der Waals surface area (Å²) in [5.41, 5.74) is 2.26. The van der Waals surface area contributed by atoms with Crippen LogP contribution in [0.3, 0.4) is 0 Å². The van der Waals surface area contributed by atoms with E-state index in [0.717, 1.165) is 25.2 Å². The molecular formula is C59H84N6O14. The van der Waals surface area contributed by atoms with Gasteiger partial charge in [-0.2, -0.15) is 5.10 Å². The summed E-state index contributed by atoms with van der Waals surface area (Å²) >= 11 is 0. The summed E-state index contributed by atoms with van der Waals surface area (Å²) in [6, 6.07) is 10.7. The average Bonchev–Trinajstić information content (AvgIpc) is 3.88. The summed E-state index contributed by atoms with van der Waals surface area (Å²) in [4.78, 5) is 133. The summed E-state index contributed by atoms with van der Waals surface area (Å²) < 4.78 is 30.7. The van der Waals surface area contributed by atoms with Crippen LogP contribution in [0.2, 0.25) is 0 Å². The molecule has 1 aliphatic heterocycles. The van der Waals surface area contributed by atoms with Crippen molar-refractivity contribution in [2.75, 3.05) is 34.8 Å². The van der Waals surface area contributed by atoms with E-state index in [2.05, 4.69) is 5.10 Å². The number of aromatic nitrogens is 2. The van der Waals surface area contributed by atoms with Crippen molar-refractivity contribution in [1.29, 1.82) is 0 Å². The topological polar surface area (TPSA) is 231 Å². The molecule has 0 N–H and O–H groups in total. The van der Waals surface area contributed by atoms with Gasteiger partial charge in [0.15, 0.2) is 24.4 Å². The number of rotatable bonds is 16. The molecule has 79 heavy (non-hydrogen) atoms. The molecule has 0 aliphatic carbocycles. The molecule has 2 aromatic carbocycles. The Balaban J connectivity index is 1.84. The van der Waals surface area contributed by atoms with Crippen molar-refractivity contribution < 1.29 is 66.8 Å². The number of cyclic esters (lactones) is 4. The smallest absolute Gasteiger partial charge is 0.341 e. The molecule has 1 saturated heterocycles. The van der Waals surface area contributed by atoms with Gasteiger partial charge in [0.05, 0.1) is 24.9 Å². The van der Waals surface area contributed by atoms with E-state index >= 15 is 0 Å². The van der Waals surface area contributed by atoms with Crippen LogP contribution in [0.4, 0.5) is 0 Å². The molecule has 0 spiro atoms. The molecule has 434 valence electrons. The molecular weight excluding hydrogens is 1020 g/mol. The van der Waals surface area contributed by atoms with Gasteiger partial charge in [0, 0.05) is 47.2 Å². The molecule has 1 aromatic heterocycles. The van der Waals surface area contributed by atoms with Crippen LogP contribution < -0.4 is 0 Å². The van der Waals surface area contributed by atoms with Crippen LogP contribution in [0.25, 0.3) is 0 Å². The zero-order chi connectivity index (χ0) is 59.0. The fourth-order valence-electron chi connectivity index (χ4n) is 9.26. The van der Waals surface area contributed by atoms with Crippen LogP contribution >= 0.6 is 0 Å². The van der Waals surface area contributed by atoms with Gasteiger partial charge >= 0.3 is 29.8 Å². The van der Waals surface area contributed by atoms with Crippen molar-refractivity contribution in [3.05, 3.63) is 89.2 Å². The molecule has 2 heterocycles. The number of amides is 4. The summed E-state index contributed by atoms with van der Waals surface area (Å²) in [5.74, 6) is -8.05. The van der Waals surface area contributed by atoms with E-state index < -0.39 is 102 Å². The van der Waals surface area contributed by atoms with Crippen molar-refractivity contribution in [2.24, 2.45) is 23.7 Å². The Kier molecular flexibility index (Phi) is 24.2. The van der Waals surface area contributed by atoms with E-state index in [1.165, 1.54) is 48.2 Å². The number of benzene rings is 2. The average molecular weight is 1100 g/mol. The van der Waals surface area contributed by atoms with Crippen LogP contribution in [-0.4, -0.2) is 166 Å². The monoisotopic (exact) mass is 1100 g/mol. The first-order valence-corrected chi connectivity index (χ1v) is 27.3. The van der Waals surface area contributed by atoms with Crippen LogP contribution in [0, 0.1) is 23.7 Å². The maximum atomic E-state index is 15.0. The van der Waals surface area contributed by atoms with Gasteiger partial charge < -0.3 is 43.3 Å². The molecule has 20 nitrogen and oxygen atoms in total. The highest BCUT2D eigenvalue weighted by Crippen LogP contribution is 2.24. The number of nitrogens with zero attached hydrogens (tertiary/aromatic N) is 6. The number of ether oxygens (including phenoxy) is 5. The summed E-state index contributed by atoms with van der Waals surface area (Å²) in [6.45, 7) is 19.6. The van der Waals surface area contributed by atoms with Crippen molar-refractivity contribution in [3.8, 4) is 0 Å². The fraction of sp³-hybridized carbons (Fsp3) is 0.593. The van der Waals surface area contributed by atoms with E-state index in [4.69, 9.17) is 23.7 Å². The molecule has 8 atom stereocenters. The second-order valence-corrected chi connectivity index (χ2v) is 22.2. The molecule has 0 bridgehead atoms. The van der Waals surface area contributed by atoms with E-state index in [-0.39, 0.29) is 75.3 Å². The number of carbonyl (C=O) groups is 9. The molecule has 4 rings (SSSR count). The minimum absolute atomic E-state index is 0.0634. The fourth-order valence-corrected chi connectivity index (χ4v) is 9.26. The van der Waals surface area contributed by atoms with Gasteiger partial charge in [0.25, 0.3) is 23.6 Å². The minimum Gasteiger partial charge on any atom is -0.462 e. The molecule has 20 heteroatoms. The second kappa shape index (κ2) is 29.7. The van der Waals surface area contributed by atoms with Gasteiger partial charge in [-0.15, -0.1) is 0 Å². The summed E-state index contributed by atoms with van der Waals surface area (Å²) in [5, 5.41) is 4.27. The quantitative estimate of drug-likeness (QED) is 0.117. The predicted octanol–water partition coefficient (Wildman–Crippen LogP) is 6.09. The van der Waals surface area contributed by atoms with Crippen molar-refractivity contribution in [3.63, 3.8) is 0 Å². The number of esters is 5. The van der Waals surface area contributed by atoms with Crippen molar-refractivity contribution >= 4 is 53.5 Å². The van der Waals surface area contributed by atoms with Gasteiger partial charge in [0.2, 0.25) is 0 Å². The predicted molar refractivity (Wildman–Crippen MR) is 292 cm³/mol. The number of hydrogen-bond donors (Lipinski definition) is 0. The SMILES string of the molecule is CCOC(=O)c1cnn(Cc2ccc(C[C@H]3OC(=O)[C@H](CC(C)C)N(C)C(=O)[C@@H](C)OC(=O)[C@H](CC(C)C)N(C)C(=O)[C@@H](Cc4ccccc4)OC(=O)[C@H](CC(C)C)N(C)C(=O)[C@@H](C)OC(=O)[C@H](CC(C)C)N(C)C3=O)cc2)c1. The lowest BCUT2D eigenvalue weighted by molar-refractivity contribution is -0.176. The highest BCUT2D eigenvalue weighted by Gasteiger charge is 2.43. The number of likely N-dealkylation sites (N-methyl/N-ethyl adjacent to an activating group) is 4. The Morgan fingerprint density at radius 3 is 1.22 bits per heavy atom. The number of carbonyl (C=O) groups excluding carboxylic acids is 9. The minimum atomic E-state index is -1.58. The van der Waals surface area contributed by atoms with Gasteiger partial charge in [-0.05, 0) is 86.8 Å². The summed E-state index contributed by atoms with van der Waals surface area (Å²) in [6.07, 6.45) is -3.06. The van der Waals surface area contributed by atoms with Gasteiger partial charge in [0.1, 0.15) is 24.2 Å². The third-order valence-electron chi connectivity index (χ3n) is 13.7. The van der Waals surface area contributed by atoms with Gasteiger partial charge in [-0.3, -0.25) is 23.9 Å². The molecule has 0 saturated carbocycles. The van der Waals surface area contributed by atoms with Gasteiger partial charge in [-0.1, -0.05) is 110 Å².